The summed E-state index contributed by atoms with van der Waals surface area (Å²) in [4.78, 5) is 14.3. The largest absolute Gasteiger partial charge is 0.339 e. The van der Waals surface area contributed by atoms with Gasteiger partial charge in [0.05, 0.1) is 18.9 Å². The number of fused-ring (bicyclic) bond motifs is 1. The molecule has 2 aromatic rings. The molecule has 2 aromatic carbocycles. The molecule has 0 aliphatic carbocycles. The molecule has 0 fully saturated rings. The van der Waals surface area contributed by atoms with E-state index in [9.17, 15) is 4.79 Å². The van der Waals surface area contributed by atoms with Crippen LogP contribution in [0.15, 0.2) is 42.5 Å². The third-order valence-corrected chi connectivity index (χ3v) is 3.63. The van der Waals surface area contributed by atoms with Crippen LogP contribution in [0, 0.1) is 11.3 Å². The molecule has 0 unspecified atom stereocenters. The van der Waals surface area contributed by atoms with E-state index in [0.29, 0.717) is 19.4 Å². The van der Waals surface area contributed by atoms with Gasteiger partial charge in [0.25, 0.3) is 0 Å². The zero-order valence-electron chi connectivity index (χ0n) is 12.5. The summed E-state index contributed by atoms with van der Waals surface area (Å²) < 4.78 is 0. The first-order valence-electron chi connectivity index (χ1n) is 7.26. The highest BCUT2D eigenvalue weighted by molar-refractivity contribution is 5.90. The number of rotatable bonds is 5. The maximum Gasteiger partial charge on any atom is 0.227 e. The van der Waals surface area contributed by atoms with Crippen LogP contribution in [0.5, 0.6) is 0 Å². The van der Waals surface area contributed by atoms with Crippen molar-refractivity contribution < 1.29 is 4.79 Å². The highest BCUT2D eigenvalue weighted by atomic mass is 16.2. The lowest BCUT2D eigenvalue weighted by molar-refractivity contribution is -0.132. The van der Waals surface area contributed by atoms with Crippen molar-refractivity contribution in [3.63, 3.8) is 0 Å². The summed E-state index contributed by atoms with van der Waals surface area (Å²) >= 11 is 0. The molecule has 0 aliphatic heterocycles. The molecule has 0 bridgehead atoms. The first-order chi connectivity index (χ1) is 10.1. The second-order valence-corrected chi connectivity index (χ2v) is 5.40. The van der Waals surface area contributed by atoms with E-state index in [1.807, 2.05) is 44.2 Å². The van der Waals surface area contributed by atoms with Crippen molar-refractivity contribution in [2.24, 2.45) is 0 Å². The topological polar surface area (TPSA) is 44.1 Å². The number of nitriles is 1. The number of nitrogens with zero attached hydrogens (tertiary/aromatic N) is 2. The lowest BCUT2D eigenvalue weighted by atomic mass is 10.0. The van der Waals surface area contributed by atoms with Gasteiger partial charge in [-0.2, -0.15) is 5.26 Å². The molecule has 0 heterocycles. The molecule has 108 valence electrons. The number of carbonyl (C=O) groups excluding carboxylic acids is 1. The predicted octanol–water partition coefficient (Wildman–Crippen LogP) is 3.53. The quantitative estimate of drug-likeness (QED) is 0.841. The SMILES string of the molecule is CC(C)N(CCC#N)C(=O)Cc1cccc2ccccc12. The Morgan fingerprint density at radius 2 is 1.90 bits per heavy atom. The van der Waals surface area contributed by atoms with Crippen molar-refractivity contribution >= 4 is 16.7 Å². The molecule has 0 radical (unpaired) electrons. The molecule has 2 rings (SSSR count). The molecule has 3 nitrogen and oxygen atoms in total. The van der Waals surface area contributed by atoms with E-state index in [1.54, 1.807) is 4.90 Å². The molecule has 0 N–H and O–H groups in total. The summed E-state index contributed by atoms with van der Waals surface area (Å²) in [5.74, 6) is 0.0802. The average molecular weight is 280 g/mol. The van der Waals surface area contributed by atoms with Crippen LogP contribution in [-0.2, 0) is 11.2 Å². The van der Waals surface area contributed by atoms with Gasteiger partial charge in [0.1, 0.15) is 0 Å². The van der Waals surface area contributed by atoms with E-state index in [4.69, 9.17) is 5.26 Å². The fraction of sp³-hybridized carbons (Fsp3) is 0.333. The summed E-state index contributed by atoms with van der Waals surface area (Å²) in [5, 5.41) is 11.0. The van der Waals surface area contributed by atoms with E-state index in [-0.39, 0.29) is 11.9 Å². The first kappa shape index (κ1) is 15.1. The molecule has 0 aromatic heterocycles. The smallest absolute Gasteiger partial charge is 0.227 e. The summed E-state index contributed by atoms with van der Waals surface area (Å²) in [6.45, 7) is 4.47. The lowest BCUT2D eigenvalue weighted by Crippen LogP contribution is -2.38. The van der Waals surface area contributed by atoms with Gasteiger partial charge in [-0.05, 0) is 30.2 Å². The summed E-state index contributed by atoms with van der Waals surface area (Å²) in [7, 11) is 0. The van der Waals surface area contributed by atoms with Crippen molar-refractivity contribution in [1.29, 1.82) is 5.26 Å². The number of carbonyl (C=O) groups is 1. The van der Waals surface area contributed by atoms with E-state index in [2.05, 4.69) is 18.2 Å². The zero-order chi connectivity index (χ0) is 15.2. The molecule has 0 saturated heterocycles. The second kappa shape index (κ2) is 6.90. The molecule has 0 atom stereocenters. The fourth-order valence-corrected chi connectivity index (χ4v) is 2.55. The van der Waals surface area contributed by atoms with Crippen LogP contribution in [0.25, 0.3) is 10.8 Å². The maximum atomic E-state index is 12.5. The van der Waals surface area contributed by atoms with Gasteiger partial charge in [-0.25, -0.2) is 0 Å². The van der Waals surface area contributed by atoms with Gasteiger partial charge in [-0.15, -0.1) is 0 Å². The Balaban J connectivity index is 2.22. The molecule has 0 saturated carbocycles. The van der Waals surface area contributed by atoms with E-state index < -0.39 is 0 Å². The second-order valence-electron chi connectivity index (χ2n) is 5.40. The van der Waals surface area contributed by atoms with Crippen LogP contribution < -0.4 is 0 Å². The van der Waals surface area contributed by atoms with Crippen LogP contribution >= 0.6 is 0 Å². The standard InChI is InChI=1S/C18H20N2O/c1-14(2)20(12-6-11-19)18(21)13-16-9-5-8-15-7-3-4-10-17(15)16/h3-5,7-10,14H,6,12-13H2,1-2H3. The Labute approximate surface area is 125 Å². The highest BCUT2D eigenvalue weighted by Gasteiger charge is 2.17. The number of benzene rings is 2. The lowest BCUT2D eigenvalue weighted by Gasteiger charge is -2.26. The summed E-state index contributed by atoms with van der Waals surface area (Å²) in [6, 6.07) is 16.4. The first-order valence-corrected chi connectivity index (χ1v) is 7.26. The monoisotopic (exact) mass is 280 g/mol. The zero-order valence-corrected chi connectivity index (χ0v) is 12.5. The van der Waals surface area contributed by atoms with Crippen LogP contribution in [0.1, 0.15) is 25.8 Å². The van der Waals surface area contributed by atoms with Gasteiger partial charge in [-0.3, -0.25) is 4.79 Å². The van der Waals surface area contributed by atoms with E-state index in [1.165, 1.54) is 0 Å². The minimum atomic E-state index is 0.0802. The molecule has 0 aliphatic rings. The maximum absolute atomic E-state index is 12.5. The predicted molar refractivity (Wildman–Crippen MR) is 84.7 cm³/mol. The van der Waals surface area contributed by atoms with Crippen molar-refractivity contribution in [2.75, 3.05) is 6.54 Å². The van der Waals surface area contributed by atoms with Gasteiger partial charge >= 0.3 is 0 Å². The Kier molecular flexibility index (Phi) is 4.94. The van der Waals surface area contributed by atoms with Crippen molar-refractivity contribution in [3.8, 4) is 6.07 Å². The summed E-state index contributed by atoms with van der Waals surface area (Å²) in [6.07, 6.45) is 0.754. The number of hydrogen-bond acceptors (Lipinski definition) is 2. The van der Waals surface area contributed by atoms with Gasteiger partial charge in [0.15, 0.2) is 0 Å². The Morgan fingerprint density at radius 3 is 2.62 bits per heavy atom. The highest BCUT2D eigenvalue weighted by Crippen LogP contribution is 2.19. The molecule has 3 heteroatoms. The number of amides is 1. The minimum Gasteiger partial charge on any atom is -0.339 e. The van der Waals surface area contributed by atoms with Crippen molar-refractivity contribution in [2.45, 2.75) is 32.7 Å². The molecule has 21 heavy (non-hydrogen) atoms. The van der Waals surface area contributed by atoms with E-state index >= 15 is 0 Å². The van der Waals surface area contributed by atoms with E-state index in [0.717, 1.165) is 16.3 Å². The Morgan fingerprint density at radius 1 is 1.19 bits per heavy atom. The van der Waals surface area contributed by atoms with Crippen LogP contribution in [-0.4, -0.2) is 23.4 Å². The van der Waals surface area contributed by atoms with Gasteiger partial charge in [0.2, 0.25) is 5.91 Å². The van der Waals surface area contributed by atoms with Gasteiger partial charge in [0, 0.05) is 12.6 Å². The normalized spacial score (nSPS) is 10.6. The third kappa shape index (κ3) is 3.61. The number of hydrogen-bond donors (Lipinski definition) is 0. The van der Waals surface area contributed by atoms with Crippen LogP contribution in [0.3, 0.4) is 0 Å². The van der Waals surface area contributed by atoms with Crippen LogP contribution in [0.4, 0.5) is 0 Å². The van der Waals surface area contributed by atoms with Gasteiger partial charge < -0.3 is 4.90 Å². The Hall–Kier alpha value is -2.34. The molecular formula is C18H20N2O. The Bertz CT molecular complexity index is 665. The molecule has 1 amide bonds. The summed E-state index contributed by atoms with van der Waals surface area (Å²) in [5.41, 5.74) is 1.04. The third-order valence-electron chi connectivity index (χ3n) is 3.63. The average Bonchev–Trinajstić information content (AvgIpc) is 2.47. The van der Waals surface area contributed by atoms with Crippen LogP contribution in [0.2, 0.25) is 0 Å². The van der Waals surface area contributed by atoms with Gasteiger partial charge in [-0.1, -0.05) is 42.5 Å². The molecule has 0 spiro atoms. The minimum absolute atomic E-state index is 0.0802. The van der Waals surface area contributed by atoms with Crippen molar-refractivity contribution in [3.05, 3.63) is 48.0 Å². The van der Waals surface area contributed by atoms with Crippen molar-refractivity contribution in [1.82, 2.24) is 4.90 Å². The fourth-order valence-electron chi connectivity index (χ4n) is 2.55. The molecular weight excluding hydrogens is 260 g/mol.